The fourth-order valence-corrected chi connectivity index (χ4v) is 3.65. The number of nitrogens with zero attached hydrogens (tertiary/aromatic N) is 1. The second-order valence-corrected chi connectivity index (χ2v) is 8.17. The van der Waals surface area contributed by atoms with E-state index in [0.717, 1.165) is 10.8 Å². The van der Waals surface area contributed by atoms with E-state index in [1.54, 1.807) is 48.5 Å². The van der Waals surface area contributed by atoms with Gasteiger partial charge in [-0.2, -0.15) is 43.9 Å². The van der Waals surface area contributed by atoms with Gasteiger partial charge in [-0.3, -0.25) is 0 Å². The number of benzene rings is 2. The molecule has 0 saturated heterocycles. The maximum Gasteiger partial charge on any atom is 0.384 e. The first-order chi connectivity index (χ1) is 16.9. The van der Waals surface area contributed by atoms with E-state index in [2.05, 4.69) is 4.74 Å². The van der Waals surface area contributed by atoms with Crippen molar-refractivity contribution in [1.29, 1.82) is 0 Å². The zero-order chi connectivity index (χ0) is 28.0. The highest BCUT2D eigenvalue weighted by Gasteiger charge is 2.87. The molecule has 1 aromatic heterocycles. The molecule has 0 aliphatic rings. The summed E-state index contributed by atoms with van der Waals surface area (Å²) in [5.74, 6) is -35.7. The molecule has 37 heavy (non-hydrogen) atoms. The number of rotatable bonds is 11. The number of halogens is 12. The summed E-state index contributed by atoms with van der Waals surface area (Å²) in [6.07, 6.45) is -7.28. The number of aliphatic hydroxyl groups is 1. The van der Waals surface area contributed by atoms with Crippen molar-refractivity contribution in [2.45, 2.75) is 48.7 Å². The van der Waals surface area contributed by atoms with Crippen LogP contribution in [0.15, 0.2) is 48.5 Å². The average Bonchev–Trinajstić information content (AvgIpc) is 3.12. The van der Waals surface area contributed by atoms with Gasteiger partial charge in [-0.1, -0.05) is 36.4 Å². The van der Waals surface area contributed by atoms with Crippen LogP contribution in [0, 0.1) is 0 Å². The van der Waals surface area contributed by atoms with Gasteiger partial charge >= 0.3 is 36.0 Å². The minimum Gasteiger partial charge on any atom is -0.389 e. The minimum atomic E-state index is -7.62. The maximum atomic E-state index is 13.9. The largest absolute Gasteiger partial charge is 0.389 e. The van der Waals surface area contributed by atoms with E-state index < -0.39 is 55.4 Å². The van der Waals surface area contributed by atoms with E-state index in [4.69, 9.17) is 0 Å². The third-order valence-electron chi connectivity index (χ3n) is 5.61. The number of fused-ring (bicyclic) bond motifs is 3. The highest BCUT2D eigenvalue weighted by Crippen LogP contribution is 2.58. The molecule has 0 aliphatic carbocycles. The molecule has 2 aromatic carbocycles. The summed E-state index contributed by atoms with van der Waals surface area (Å²) in [4.78, 5) is 0. The maximum absolute atomic E-state index is 13.9. The second kappa shape index (κ2) is 9.57. The van der Waals surface area contributed by atoms with Gasteiger partial charge in [0.2, 0.25) is 0 Å². The second-order valence-electron chi connectivity index (χ2n) is 8.17. The average molecular weight is 555 g/mol. The Morgan fingerprint density at radius 2 is 1.16 bits per heavy atom. The quantitative estimate of drug-likeness (QED) is 0.270. The minimum absolute atomic E-state index is 0.370. The Labute approximate surface area is 200 Å². The van der Waals surface area contributed by atoms with E-state index in [1.165, 1.54) is 4.57 Å². The van der Waals surface area contributed by atoms with Gasteiger partial charge < -0.3 is 14.4 Å². The van der Waals surface area contributed by atoms with Crippen molar-refractivity contribution in [2.75, 3.05) is 13.2 Å². The topological polar surface area (TPSA) is 34.4 Å². The summed E-state index contributed by atoms with van der Waals surface area (Å²) in [5.41, 5.74) is 1.14. The lowest BCUT2D eigenvalue weighted by atomic mass is 9.94. The molecule has 0 spiro atoms. The van der Waals surface area contributed by atoms with Crippen LogP contribution in [0.5, 0.6) is 0 Å². The zero-order valence-electron chi connectivity index (χ0n) is 18.2. The lowest BCUT2D eigenvalue weighted by Gasteiger charge is -2.39. The van der Waals surface area contributed by atoms with Gasteiger partial charge in [-0.05, 0) is 12.1 Å². The molecule has 1 N–H and O–H groups in total. The summed E-state index contributed by atoms with van der Waals surface area (Å²) in [7, 11) is 0. The Morgan fingerprint density at radius 1 is 0.703 bits per heavy atom. The molecule has 0 bridgehead atoms. The van der Waals surface area contributed by atoms with Crippen LogP contribution in [0.25, 0.3) is 21.8 Å². The van der Waals surface area contributed by atoms with Crippen LogP contribution >= 0.6 is 0 Å². The first kappa shape index (κ1) is 28.9. The highest BCUT2D eigenvalue weighted by molar-refractivity contribution is 6.07. The Balaban J connectivity index is 1.74. The summed E-state index contributed by atoms with van der Waals surface area (Å²) in [6.45, 7) is -4.29. The molecule has 1 atom stereocenters. The molecular formula is C22H17F12NO2. The molecular weight excluding hydrogens is 538 g/mol. The first-order valence-electron chi connectivity index (χ1n) is 10.3. The summed E-state index contributed by atoms with van der Waals surface area (Å²) >= 11 is 0. The van der Waals surface area contributed by atoms with E-state index in [9.17, 15) is 57.8 Å². The molecule has 206 valence electrons. The molecule has 1 unspecified atom stereocenters. The van der Waals surface area contributed by atoms with Gasteiger partial charge in [0.05, 0.1) is 19.3 Å². The number of aliphatic hydroxyl groups excluding tert-OH is 1. The van der Waals surface area contributed by atoms with Crippen molar-refractivity contribution in [3.63, 3.8) is 0 Å². The van der Waals surface area contributed by atoms with Gasteiger partial charge in [0, 0.05) is 21.8 Å². The molecule has 3 nitrogen and oxygen atoms in total. The number of aromatic nitrogens is 1. The predicted octanol–water partition coefficient (Wildman–Crippen LogP) is 6.61. The predicted molar refractivity (Wildman–Crippen MR) is 107 cm³/mol. The fraction of sp³-hybridized carbons (Fsp3) is 0.455. The SMILES string of the molecule is OC(COCC(F)(F)C(F)(F)C(F)(F)C(F)(F)C(F)(F)C(F)F)Cn1c2ccccc2c2ccccc21. The lowest BCUT2D eigenvalue weighted by Crippen LogP contribution is -2.69. The third-order valence-corrected chi connectivity index (χ3v) is 5.61. The number of alkyl halides is 12. The highest BCUT2D eigenvalue weighted by atomic mass is 19.4. The van der Waals surface area contributed by atoms with E-state index in [-0.39, 0.29) is 6.54 Å². The number of hydrogen-bond donors (Lipinski definition) is 1. The summed E-state index contributed by atoms with van der Waals surface area (Å²) in [6, 6.07) is 13.5. The molecule has 3 rings (SSSR count). The molecule has 3 aromatic rings. The first-order valence-corrected chi connectivity index (χ1v) is 10.3. The Morgan fingerprint density at radius 3 is 1.62 bits per heavy atom. The zero-order valence-corrected chi connectivity index (χ0v) is 18.2. The van der Waals surface area contributed by atoms with Crippen LogP contribution in [-0.4, -0.2) is 65.0 Å². The smallest absolute Gasteiger partial charge is 0.384 e. The van der Waals surface area contributed by atoms with Crippen molar-refractivity contribution >= 4 is 21.8 Å². The van der Waals surface area contributed by atoms with Gasteiger partial charge in [-0.15, -0.1) is 0 Å². The van der Waals surface area contributed by atoms with E-state index in [1.807, 2.05) is 0 Å². The summed E-state index contributed by atoms with van der Waals surface area (Å²) in [5, 5.41) is 11.6. The summed E-state index contributed by atoms with van der Waals surface area (Å²) < 4.78 is 165. The van der Waals surface area contributed by atoms with Crippen LogP contribution in [0.1, 0.15) is 0 Å². The molecule has 0 amide bonds. The van der Waals surface area contributed by atoms with Gasteiger partial charge in [-0.25, -0.2) is 8.78 Å². The fourth-order valence-electron chi connectivity index (χ4n) is 3.65. The van der Waals surface area contributed by atoms with Gasteiger partial charge in [0.15, 0.2) is 0 Å². The molecule has 0 fully saturated rings. The normalized spacial score (nSPS) is 15.2. The standard InChI is InChI=1S/C22H17F12NO2/c23-17(24)19(27,28)21(31,32)22(33,34)20(29,30)18(25,26)11-37-10-12(36)9-35-15-7-3-1-5-13(15)14-6-2-4-8-16(14)35/h1-8,12,17,36H,9-11H2. The van der Waals surface area contributed by atoms with Crippen LogP contribution in [-0.2, 0) is 11.3 Å². The van der Waals surface area contributed by atoms with E-state index >= 15 is 0 Å². The van der Waals surface area contributed by atoms with Crippen LogP contribution in [0.2, 0.25) is 0 Å². The molecule has 0 aliphatic heterocycles. The third kappa shape index (κ3) is 4.60. The van der Waals surface area contributed by atoms with E-state index in [0.29, 0.717) is 11.0 Å². The molecule has 15 heteroatoms. The molecule has 0 radical (unpaired) electrons. The number of para-hydroxylation sites is 2. The Hall–Kier alpha value is -2.68. The lowest BCUT2D eigenvalue weighted by molar-refractivity contribution is -0.415. The van der Waals surface area contributed by atoms with Gasteiger partial charge in [0.1, 0.15) is 6.61 Å². The monoisotopic (exact) mass is 555 g/mol. The van der Waals surface area contributed by atoms with Crippen LogP contribution in [0.3, 0.4) is 0 Å². The van der Waals surface area contributed by atoms with Crippen molar-refractivity contribution in [3.8, 4) is 0 Å². The van der Waals surface area contributed by atoms with Crippen LogP contribution < -0.4 is 0 Å². The Kier molecular flexibility index (Phi) is 7.47. The molecule has 0 saturated carbocycles. The van der Waals surface area contributed by atoms with Gasteiger partial charge in [0.25, 0.3) is 0 Å². The Bertz CT molecular complexity index is 1190. The van der Waals surface area contributed by atoms with Crippen LogP contribution in [0.4, 0.5) is 52.7 Å². The number of ether oxygens (including phenoxy) is 1. The van der Waals surface area contributed by atoms with Crippen molar-refractivity contribution in [3.05, 3.63) is 48.5 Å². The number of hydrogen-bond acceptors (Lipinski definition) is 2. The molecule has 1 heterocycles. The van der Waals surface area contributed by atoms with Crippen molar-refractivity contribution < 1.29 is 62.5 Å². The van der Waals surface area contributed by atoms with Crippen molar-refractivity contribution in [2.24, 2.45) is 0 Å². The van der Waals surface area contributed by atoms with Crippen molar-refractivity contribution in [1.82, 2.24) is 4.57 Å².